The lowest BCUT2D eigenvalue weighted by atomic mass is 10.5. The van der Waals surface area contributed by atoms with Crippen LogP contribution in [0.15, 0.2) is 14.4 Å². The van der Waals surface area contributed by atoms with E-state index in [9.17, 15) is 14.4 Å². The maximum Gasteiger partial charge on any atom is 0.338 e. The molecule has 0 radical (unpaired) electrons. The summed E-state index contributed by atoms with van der Waals surface area (Å²) in [5.74, 6) is -3.05. The minimum absolute atomic E-state index is 0.131. The Balaban J connectivity index is 3.60. The Morgan fingerprint density at radius 1 is 1.14 bits per heavy atom. The summed E-state index contributed by atoms with van der Waals surface area (Å²) in [6, 6.07) is 0. The average molecular weight is 205 g/mol. The smallest absolute Gasteiger partial charge is 0.338 e. The molecule has 0 saturated carbocycles. The molecule has 1 aromatic heterocycles. The monoisotopic (exact) mass is 205 g/mol. The SMILES string of the molecule is O=c1[nH]c(=O)n(C(O)(O)CO)c(=O)[nH]1. The van der Waals surface area contributed by atoms with Gasteiger partial charge in [-0.3, -0.25) is 9.97 Å². The van der Waals surface area contributed by atoms with E-state index in [-0.39, 0.29) is 4.57 Å². The molecule has 9 nitrogen and oxygen atoms in total. The summed E-state index contributed by atoms with van der Waals surface area (Å²) < 4.78 is -0.131. The first-order chi connectivity index (χ1) is 6.38. The molecule has 0 atom stereocenters. The van der Waals surface area contributed by atoms with Crippen molar-refractivity contribution in [2.75, 3.05) is 6.61 Å². The Kier molecular flexibility index (Phi) is 2.38. The Bertz CT molecular complexity index is 459. The number of nitrogens with one attached hydrogen (secondary N) is 2. The van der Waals surface area contributed by atoms with Gasteiger partial charge in [0.05, 0.1) is 0 Å². The molecule has 0 aliphatic rings. The van der Waals surface area contributed by atoms with Crippen LogP contribution in [0.2, 0.25) is 0 Å². The summed E-state index contributed by atoms with van der Waals surface area (Å²) in [6.07, 6.45) is 0. The van der Waals surface area contributed by atoms with Gasteiger partial charge < -0.3 is 15.3 Å². The lowest BCUT2D eigenvalue weighted by molar-refractivity contribution is -0.255. The van der Waals surface area contributed by atoms with Crippen LogP contribution < -0.4 is 17.1 Å². The van der Waals surface area contributed by atoms with E-state index in [1.165, 1.54) is 0 Å². The quantitative estimate of drug-likeness (QED) is 0.309. The van der Waals surface area contributed by atoms with Gasteiger partial charge in [-0.15, -0.1) is 0 Å². The van der Waals surface area contributed by atoms with Gasteiger partial charge in [-0.25, -0.2) is 14.4 Å². The molecule has 0 spiro atoms. The van der Waals surface area contributed by atoms with Gasteiger partial charge in [0.2, 0.25) is 0 Å². The highest BCUT2D eigenvalue weighted by Crippen LogP contribution is 1.97. The van der Waals surface area contributed by atoms with Crippen molar-refractivity contribution in [1.29, 1.82) is 0 Å². The van der Waals surface area contributed by atoms with Crippen LogP contribution in [0.25, 0.3) is 0 Å². The minimum Gasteiger partial charge on any atom is -0.389 e. The molecule has 1 aromatic rings. The van der Waals surface area contributed by atoms with Crippen molar-refractivity contribution in [3.05, 3.63) is 31.5 Å². The minimum atomic E-state index is -3.05. The zero-order valence-electron chi connectivity index (χ0n) is 6.72. The standard InChI is InChI=1S/C5H7N3O6/c9-1-5(13,14)8-3(11)6-2(10)7-4(8)12/h9,13-14H,1H2,(H2,6,7,10,11,12). The van der Waals surface area contributed by atoms with E-state index in [4.69, 9.17) is 15.3 Å². The summed E-state index contributed by atoms with van der Waals surface area (Å²) in [5.41, 5.74) is -3.75. The number of hydrogen-bond acceptors (Lipinski definition) is 6. The van der Waals surface area contributed by atoms with Gasteiger partial charge in [-0.2, -0.15) is 4.57 Å². The third-order valence-corrected chi connectivity index (χ3v) is 1.42. The molecule has 14 heavy (non-hydrogen) atoms. The summed E-state index contributed by atoms with van der Waals surface area (Å²) >= 11 is 0. The van der Waals surface area contributed by atoms with Crippen molar-refractivity contribution in [2.45, 2.75) is 5.91 Å². The fourth-order valence-electron chi connectivity index (χ4n) is 0.825. The maximum atomic E-state index is 10.9. The molecule has 0 saturated heterocycles. The number of aliphatic hydroxyl groups is 3. The van der Waals surface area contributed by atoms with Gasteiger partial charge in [0.25, 0.3) is 5.91 Å². The number of aromatic amines is 2. The molecule has 0 aromatic carbocycles. The van der Waals surface area contributed by atoms with E-state index in [0.29, 0.717) is 0 Å². The summed E-state index contributed by atoms with van der Waals surface area (Å²) in [6.45, 7) is -1.28. The number of rotatable bonds is 2. The van der Waals surface area contributed by atoms with Gasteiger partial charge in [-0.05, 0) is 0 Å². The zero-order chi connectivity index (χ0) is 10.9. The first-order valence-electron chi connectivity index (χ1n) is 3.40. The van der Waals surface area contributed by atoms with Crippen molar-refractivity contribution < 1.29 is 15.3 Å². The van der Waals surface area contributed by atoms with Crippen LogP contribution in [0.3, 0.4) is 0 Å². The third-order valence-electron chi connectivity index (χ3n) is 1.42. The van der Waals surface area contributed by atoms with E-state index in [2.05, 4.69) is 0 Å². The molecule has 78 valence electrons. The van der Waals surface area contributed by atoms with Crippen LogP contribution in [-0.2, 0) is 5.91 Å². The molecular formula is C5H7N3O6. The van der Waals surface area contributed by atoms with Crippen molar-refractivity contribution in [3.8, 4) is 0 Å². The Morgan fingerprint density at radius 2 is 1.57 bits per heavy atom. The van der Waals surface area contributed by atoms with E-state index >= 15 is 0 Å². The lowest BCUT2D eigenvalue weighted by Gasteiger charge is -2.18. The van der Waals surface area contributed by atoms with E-state index in [1.54, 1.807) is 9.97 Å². The van der Waals surface area contributed by atoms with E-state index in [0.717, 1.165) is 0 Å². The number of aliphatic hydroxyl groups excluding tert-OH is 1. The Labute approximate surface area is 74.9 Å². The number of aromatic nitrogens is 3. The van der Waals surface area contributed by atoms with Crippen molar-refractivity contribution in [3.63, 3.8) is 0 Å². The van der Waals surface area contributed by atoms with Gasteiger partial charge in [0.15, 0.2) is 0 Å². The molecule has 0 fully saturated rings. The van der Waals surface area contributed by atoms with E-state index < -0.39 is 29.6 Å². The van der Waals surface area contributed by atoms with Crippen LogP contribution in [0.5, 0.6) is 0 Å². The maximum absolute atomic E-state index is 10.9. The van der Waals surface area contributed by atoms with Crippen LogP contribution in [-0.4, -0.2) is 36.5 Å². The van der Waals surface area contributed by atoms with Crippen LogP contribution >= 0.6 is 0 Å². The van der Waals surface area contributed by atoms with Crippen LogP contribution in [0.4, 0.5) is 0 Å². The fraction of sp³-hybridized carbons (Fsp3) is 0.400. The first kappa shape index (κ1) is 10.4. The summed E-state index contributed by atoms with van der Waals surface area (Å²) in [5, 5.41) is 26.4. The highest BCUT2D eigenvalue weighted by molar-refractivity contribution is 4.74. The molecule has 0 aliphatic carbocycles. The first-order valence-corrected chi connectivity index (χ1v) is 3.40. The largest absolute Gasteiger partial charge is 0.389 e. The molecule has 0 aliphatic heterocycles. The molecule has 1 rings (SSSR count). The molecule has 0 bridgehead atoms. The molecule has 9 heteroatoms. The molecule has 0 unspecified atom stereocenters. The van der Waals surface area contributed by atoms with Gasteiger partial charge in [-0.1, -0.05) is 0 Å². The predicted molar refractivity (Wildman–Crippen MR) is 41.4 cm³/mol. The highest BCUT2D eigenvalue weighted by Gasteiger charge is 2.28. The normalized spacial score (nSPS) is 11.6. The number of hydrogen-bond donors (Lipinski definition) is 5. The number of H-pyrrole nitrogens is 2. The highest BCUT2D eigenvalue weighted by atomic mass is 16.5. The van der Waals surface area contributed by atoms with Crippen molar-refractivity contribution in [2.24, 2.45) is 0 Å². The second-order valence-electron chi connectivity index (χ2n) is 2.46. The van der Waals surface area contributed by atoms with Gasteiger partial charge >= 0.3 is 17.1 Å². The lowest BCUT2D eigenvalue weighted by Crippen LogP contribution is -2.55. The summed E-state index contributed by atoms with van der Waals surface area (Å²) in [4.78, 5) is 35.5. The predicted octanol–water partition coefficient (Wildman–Crippen LogP) is -4.19. The Hall–Kier alpha value is -1.71. The third kappa shape index (κ3) is 1.64. The second kappa shape index (κ2) is 3.21. The molecule has 5 N–H and O–H groups in total. The van der Waals surface area contributed by atoms with Crippen LogP contribution in [0.1, 0.15) is 0 Å². The molecular weight excluding hydrogens is 198 g/mol. The van der Waals surface area contributed by atoms with E-state index in [1.807, 2.05) is 0 Å². The second-order valence-corrected chi connectivity index (χ2v) is 2.46. The zero-order valence-corrected chi connectivity index (χ0v) is 6.72. The summed E-state index contributed by atoms with van der Waals surface area (Å²) in [7, 11) is 0. The molecule has 1 heterocycles. The van der Waals surface area contributed by atoms with Crippen molar-refractivity contribution in [1.82, 2.24) is 14.5 Å². The van der Waals surface area contributed by atoms with Crippen molar-refractivity contribution >= 4 is 0 Å². The topological polar surface area (TPSA) is 148 Å². The fourth-order valence-corrected chi connectivity index (χ4v) is 0.825. The van der Waals surface area contributed by atoms with Crippen LogP contribution in [0, 0.1) is 0 Å². The molecule has 0 amide bonds. The van der Waals surface area contributed by atoms with Gasteiger partial charge in [0.1, 0.15) is 6.61 Å². The average Bonchev–Trinajstić information content (AvgIpc) is 2.01. The number of nitrogens with zero attached hydrogens (tertiary/aromatic N) is 1. The van der Waals surface area contributed by atoms with Gasteiger partial charge in [0, 0.05) is 0 Å². The Morgan fingerprint density at radius 3 is 1.93 bits per heavy atom.